The standard InChI is InChI=1S/C16H17NO4/c1-4-20-13-7-5-12(6-8-13)17-11(3)15-14(18)9-10(2)21-16(15)19/h5-9,15H,4H2,1-3H3. The van der Waals surface area contributed by atoms with E-state index in [0.717, 1.165) is 5.75 Å². The maximum atomic E-state index is 11.9. The van der Waals surface area contributed by atoms with E-state index in [2.05, 4.69) is 4.99 Å². The molecule has 21 heavy (non-hydrogen) atoms. The van der Waals surface area contributed by atoms with Crippen LogP contribution in [0.25, 0.3) is 0 Å². The first-order valence-electron chi connectivity index (χ1n) is 6.73. The minimum atomic E-state index is -0.958. The lowest BCUT2D eigenvalue weighted by molar-refractivity contribution is -0.146. The Kier molecular flexibility index (Phi) is 4.52. The molecule has 0 aromatic heterocycles. The molecule has 0 bridgehead atoms. The number of ketones is 1. The summed E-state index contributed by atoms with van der Waals surface area (Å²) < 4.78 is 10.3. The first-order valence-corrected chi connectivity index (χ1v) is 6.73. The van der Waals surface area contributed by atoms with Crippen LogP contribution in [0.5, 0.6) is 5.75 Å². The number of benzene rings is 1. The fourth-order valence-electron chi connectivity index (χ4n) is 2.08. The Morgan fingerprint density at radius 2 is 1.95 bits per heavy atom. The quantitative estimate of drug-likeness (QED) is 0.485. The van der Waals surface area contributed by atoms with Crippen molar-refractivity contribution in [3.05, 3.63) is 36.1 Å². The fourth-order valence-corrected chi connectivity index (χ4v) is 2.08. The Bertz CT molecular complexity index is 614. The van der Waals surface area contributed by atoms with E-state index in [9.17, 15) is 9.59 Å². The second kappa shape index (κ2) is 6.35. The van der Waals surface area contributed by atoms with Gasteiger partial charge in [-0.15, -0.1) is 0 Å². The molecule has 2 rings (SSSR count). The summed E-state index contributed by atoms with van der Waals surface area (Å²) in [7, 11) is 0. The average molecular weight is 287 g/mol. The van der Waals surface area contributed by atoms with Gasteiger partial charge in [-0.3, -0.25) is 14.6 Å². The molecule has 1 aliphatic heterocycles. The largest absolute Gasteiger partial charge is 0.494 e. The number of aliphatic imine (C=N–C) groups is 1. The van der Waals surface area contributed by atoms with E-state index >= 15 is 0 Å². The third-order valence-electron chi connectivity index (χ3n) is 3.00. The summed E-state index contributed by atoms with van der Waals surface area (Å²) in [5, 5.41) is 0. The van der Waals surface area contributed by atoms with Gasteiger partial charge in [0.25, 0.3) is 0 Å². The zero-order chi connectivity index (χ0) is 15.4. The minimum absolute atomic E-state index is 0.295. The number of carbonyl (C=O) groups is 2. The monoisotopic (exact) mass is 287 g/mol. The van der Waals surface area contributed by atoms with Crippen molar-refractivity contribution in [1.82, 2.24) is 0 Å². The topological polar surface area (TPSA) is 65.0 Å². The van der Waals surface area contributed by atoms with Crippen LogP contribution in [0, 0.1) is 5.92 Å². The number of nitrogens with zero attached hydrogens (tertiary/aromatic N) is 1. The van der Waals surface area contributed by atoms with E-state index in [1.165, 1.54) is 6.08 Å². The van der Waals surface area contributed by atoms with E-state index in [4.69, 9.17) is 9.47 Å². The summed E-state index contributed by atoms with van der Waals surface area (Å²) in [4.78, 5) is 28.0. The van der Waals surface area contributed by atoms with E-state index < -0.39 is 11.9 Å². The highest BCUT2D eigenvalue weighted by atomic mass is 16.5. The van der Waals surface area contributed by atoms with Crippen LogP contribution < -0.4 is 4.74 Å². The van der Waals surface area contributed by atoms with Crippen LogP contribution >= 0.6 is 0 Å². The van der Waals surface area contributed by atoms with Gasteiger partial charge >= 0.3 is 5.97 Å². The summed E-state index contributed by atoms with van der Waals surface area (Å²) in [6.45, 7) is 5.72. The summed E-state index contributed by atoms with van der Waals surface area (Å²) >= 11 is 0. The Morgan fingerprint density at radius 3 is 2.52 bits per heavy atom. The maximum Gasteiger partial charge on any atom is 0.327 e. The molecule has 5 heteroatoms. The molecule has 1 unspecified atom stereocenters. The summed E-state index contributed by atoms with van der Waals surface area (Å²) in [5.74, 6) is -0.765. The highest BCUT2D eigenvalue weighted by Crippen LogP contribution is 2.22. The van der Waals surface area contributed by atoms with Crippen LogP contribution in [0.2, 0.25) is 0 Å². The number of ether oxygens (including phenoxy) is 2. The fraction of sp³-hybridized carbons (Fsp3) is 0.312. The van der Waals surface area contributed by atoms with Crippen LogP contribution in [0.1, 0.15) is 20.8 Å². The van der Waals surface area contributed by atoms with Crippen LogP contribution in [-0.4, -0.2) is 24.1 Å². The summed E-state index contributed by atoms with van der Waals surface area (Å²) in [6, 6.07) is 7.13. The van der Waals surface area contributed by atoms with Crippen LogP contribution in [0.15, 0.2) is 41.1 Å². The van der Waals surface area contributed by atoms with Gasteiger partial charge in [0.1, 0.15) is 11.5 Å². The smallest absolute Gasteiger partial charge is 0.327 e. The molecule has 1 atom stereocenters. The Hall–Kier alpha value is -2.43. The van der Waals surface area contributed by atoms with E-state index in [0.29, 0.717) is 23.8 Å². The molecule has 0 saturated heterocycles. The van der Waals surface area contributed by atoms with Crippen LogP contribution in [0.4, 0.5) is 5.69 Å². The number of hydrogen-bond acceptors (Lipinski definition) is 5. The lowest BCUT2D eigenvalue weighted by Crippen LogP contribution is -2.34. The van der Waals surface area contributed by atoms with Crippen LogP contribution in [-0.2, 0) is 14.3 Å². The predicted molar refractivity (Wildman–Crippen MR) is 78.7 cm³/mol. The van der Waals surface area contributed by atoms with Gasteiger partial charge in [0.05, 0.1) is 12.3 Å². The van der Waals surface area contributed by atoms with Crippen LogP contribution in [0.3, 0.4) is 0 Å². The van der Waals surface area contributed by atoms with E-state index in [-0.39, 0.29) is 5.78 Å². The third kappa shape index (κ3) is 3.56. The highest BCUT2D eigenvalue weighted by molar-refractivity contribution is 6.23. The van der Waals surface area contributed by atoms with E-state index in [1.807, 2.05) is 6.92 Å². The van der Waals surface area contributed by atoms with Gasteiger partial charge in [-0.25, -0.2) is 0 Å². The molecule has 0 aliphatic carbocycles. The molecule has 110 valence electrons. The molecule has 0 amide bonds. The molecule has 0 fully saturated rings. The molecule has 0 spiro atoms. The van der Waals surface area contributed by atoms with Crippen molar-refractivity contribution >= 4 is 23.2 Å². The van der Waals surface area contributed by atoms with Crippen molar-refractivity contribution < 1.29 is 19.1 Å². The Morgan fingerprint density at radius 1 is 1.29 bits per heavy atom. The lowest BCUT2D eigenvalue weighted by Gasteiger charge is -2.18. The molecule has 0 saturated carbocycles. The number of hydrogen-bond donors (Lipinski definition) is 0. The van der Waals surface area contributed by atoms with Crippen molar-refractivity contribution in [2.24, 2.45) is 10.9 Å². The van der Waals surface area contributed by atoms with Crippen molar-refractivity contribution in [2.75, 3.05) is 6.61 Å². The SMILES string of the molecule is CCOc1ccc(N=C(C)C2C(=O)C=C(C)OC2=O)cc1. The number of esters is 1. The third-order valence-corrected chi connectivity index (χ3v) is 3.00. The predicted octanol–water partition coefficient (Wildman–Crippen LogP) is 2.82. The Balaban J connectivity index is 2.20. The first-order chi connectivity index (χ1) is 10.0. The zero-order valence-corrected chi connectivity index (χ0v) is 12.3. The molecule has 0 radical (unpaired) electrons. The van der Waals surface area contributed by atoms with Crippen molar-refractivity contribution in [3.8, 4) is 5.75 Å². The number of cyclic esters (lactones) is 1. The second-order valence-corrected chi connectivity index (χ2v) is 4.69. The molecule has 1 aromatic carbocycles. The van der Waals surface area contributed by atoms with Crippen molar-refractivity contribution in [2.45, 2.75) is 20.8 Å². The summed E-state index contributed by atoms with van der Waals surface area (Å²) in [6.07, 6.45) is 1.32. The lowest BCUT2D eigenvalue weighted by atomic mass is 9.96. The maximum absolute atomic E-state index is 11.9. The molecular formula is C16H17NO4. The van der Waals surface area contributed by atoms with Gasteiger partial charge in [-0.05, 0) is 45.0 Å². The molecule has 1 heterocycles. The number of rotatable bonds is 4. The first kappa shape index (κ1) is 15.0. The van der Waals surface area contributed by atoms with Gasteiger partial charge in [-0.2, -0.15) is 0 Å². The second-order valence-electron chi connectivity index (χ2n) is 4.69. The van der Waals surface area contributed by atoms with Gasteiger partial charge < -0.3 is 9.47 Å². The molecule has 0 N–H and O–H groups in total. The number of carbonyl (C=O) groups excluding carboxylic acids is 2. The normalized spacial score (nSPS) is 19.1. The van der Waals surface area contributed by atoms with E-state index in [1.54, 1.807) is 38.1 Å². The van der Waals surface area contributed by atoms with Gasteiger partial charge in [-0.1, -0.05) is 0 Å². The van der Waals surface area contributed by atoms with Gasteiger partial charge in [0, 0.05) is 11.8 Å². The Labute approximate surface area is 123 Å². The zero-order valence-electron chi connectivity index (χ0n) is 12.3. The molecule has 1 aliphatic rings. The molecular weight excluding hydrogens is 270 g/mol. The average Bonchev–Trinajstić information content (AvgIpc) is 2.40. The number of allylic oxidation sites excluding steroid dienone is 2. The van der Waals surface area contributed by atoms with Gasteiger partial charge in [0.2, 0.25) is 0 Å². The van der Waals surface area contributed by atoms with Crippen molar-refractivity contribution in [1.29, 1.82) is 0 Å². The van der Waals surface area contributed by atoms with Gasteiger partial charge in [0.15, 0.2) is 11.7 Å². The minimum Gasteiger partial charge on any atom is -0.494 e. The van der Waals surface area contributed by atoms with Crippen molar-refractivity contribution in [3.63, 3.8) is 0 Å². The summed E-state index contributed by atoms with van der Waals surface area (Å²) in [5.41, 5.74) is 1.07. The molecule has 5 nitrogen and oxygen atoms in total. The molecule has 1 aromatic rings. The highest BCUT2D eigenvalue weighted by Gasteiger charge is 2.33.